The summed E-state index contributed by atoms with van der Waals surface area (Å²) in [6.45, 7) is 8.28. The Hall–Kier alpha value is -1.63. The van der Waals surface area contributed by atoms with Crippen molar-refractivity contribution < 1.29 is 19.4 Å². The van der Waals surface area contributed by atoms with Gasteiger partial charge in [-0.25, -0.2) is 0 Å². The molecule has 1 aromatic rings. The van der Waals surface area contributed by atoms with Crippen molar-refractivity contribution in [3.05, 3.63) is 29.3 Å². The summed E-state index contributed by atoms with van der Waals surface area (Å²) in [6.07, 6.45) is -0.112. The van der Waals surface area contributed by atoms with Gasteiger partial charge in [-0.3, -0.25) is 9.69 Å². The molecule has 1 heterocycles. The fourth-order valence-electron chi connectivity index (χ4n) is 2.93. The van der Waals surface area contributed by atoms with Gasteiger partial charge in [-0.05, 0) is 31.0 Å². The third kappa shape index (κ3) is 6.30. The predicted molar refractivity (Wildman–Crippen MR) is 96.9 cm³/mol. The van der Waals surface area contributed by atoms with Crippen LogP contribution in [-0.2, 0) is 9.53 Å². The van der Waals surface area contributed by atoms with E-state index in [-0.39, 0.29) is 12.5 Å². The molecule has 0 aromatic heterocycles. The summed E-state index contributed by atoms with van der Waals surface area (Å²) in [5.74, 6) is 0.966. The highest BCUT2D eigenvalue weighted by atomic mass is 16.5. The van der Waals surface area contributed by atoms with Gasteiger partial charge in [0.25, 0.3) is 0 Å². The number of hydrogen-bond donors (Lipinski definition) is 1. The molecule has 2 rings (SSSR count). The molecule has 0 bridgehead atoms. The van der Waals surface area contributed by atoms with Gasteiger partial charge in [0.15, 0.2) is 0 Å². The molecule has 1 amide bonds. The maximum absolute atomic E-state index is 12.0. The van der Waals surface area contributed by atoms with E-state index in [9.17, 15) is 9.90 Å². The third-order valence-electron chi connectivity index (χ3n) is 4.49. The Labute approximate surface area is 150 Å². The molecule has 1 fully saturated rings. The molecule has 1 aromatic carbocycles. The molecule has 0 unspecified atom stereocenters. The van der Waals surface area contributed by atoms with Gasteiger partial charge in [0, 0.05) is 39.8 Å². The lowest BCUT2D eigenvalue weighted by atomic mass is 10.1. The Morgan fingerprint density at radius 2 is 1.96 bits per heavy atom. The number of hydrogen-bond acceptors (Lipinski definition) is 5. The number of carbonyl (C=O) groups is 1. The van der Waals surface area contributed by atoms with Gasteiger partial charge in [-0.2, -0.15) is 0 Å². The second kappa shape index (κ2) is 9.75. The summed E-state index contributed by atoms with van der Waals surface area (Å²) < 4.78 is 10.7. The Morgan fingerprint density at radius 1 is 1.24 bits per heavy atom. The van der Waals surface area contributed by atoms with E-state index in [0.717, 1.165) is 30.0 Å². The van der Waals surface area contributed by atoms with E-state index in [4.69, 9.17) is 9.47 Å². The first-order valence-corrected chi connectivity index (χ1v) is 8.86. The lowest BCUT2D eigenvalue weighted by molar-refractivity contribution is -0.134. The van der Waals surface area contributed by atoms with Crippen LogP contribution in [0.1, 0.15) is 17.5 Å². The molecule has 1 atom stereocenters. The fourth-order valence-corrected chi connectivity index (χ4v) is 2.93. The van der Waals surface area contributed by atoms with Crippen LogP contribution in [0.4, 0.5) is 0 Å². The van der Waals surface area contributed by atoms with Crippen molar-refractivity contribution in [1.82, 2.24) is 9.80 Å². The number of β-amino-alcohol motifs (C(OH)–C–C–N with tert-alkyl or cyclic N) is 1. The zero-order chi connectivity index (χ0) is 18.2. The Balaban J connectivity index is 1.70. The quantitative estimate of drug-likeness (QED) is 0.764. The molecule has 1 aliphatic rings. The minimum absolute atomic E-state index is 0.139. The zero-order valence-corrected chi connectivity index (χ0v) is 15.5. The number of ether oxygens (including phenoxy) is 2. The van der Waals surface area contributed by atoms with Crippen LogP contribution in [0, 0.1) is 13.8 Å². The molecule has 1 saturated heterocycles. The van der Waals surface area contributed by atoms with Crippen molar-refractivity contribution in [2.24, 2.45) is 0 Å². The molecule has 0 aliphatic carbocycles. The zero-order valence-electron chi connectivity index (χ0n) is 15.5. The average Bonchev–Trinajstić information content (AvgIpc) is 2.61. The van der Waals surface area contributed by atoms with Gasteiger partial charge in [0.1, 0.15) is 18.5 Å². The number of amides is 1. The summed E-state index contributed by atoms with van der Waals surface area (Å²) in [4.78, 5) is 16.0. The second-order valence-electron chi connectivity index (χ2n) is 6.66. The minimum Gasteiger partial charge on any atom is -0.491 e. The summed E-state index contributed by atoms with van der Waals surface area (Å²) in [5, 5.41) is 10.3. The van der Waals surface area contributed by atoms with E-state index in [1.54, 1.807) is 7.11 Å². The monoisotopic (exact) mass is 350 g/mol. The Morgan fingerprint density at radius 3 is 2.64 bits per heavy atom. The molecular formula is C19H30N2O4. The van der Waals surface area contributed by atoms with Gasteiger partial charge < -0.3 is 19.5 Å². The molecular weight excluding hydrogens is 320 g/mol. The van der Waals surface area contributed by atoms with Crippen LogP contribution in [0.2, 0.25) is 0 Å². The van der Waals surface area contributed by atoms with Gasteiger partial charge >= 0.3 is 0 Å². The molecule has 140 valence electrons. The third-order valence-corrected chi connectivity index (χ3v) is 4.49. The lowest BCUT2D eigenvalue weighted by Gasteiger charge is -2.35. The number of methoxy groups -OCH3 is 1. The molecule has 0 radical (unpaired) electrons. The summed E-state index contributed by atoms with van der Waals surface area (Å²) >= 11 is 0. The van der Waals surface area contributed by atoms with Crippen molar-refractivity contribution in [2.75, 3.05) is 53.0 Å². The van der Waals surface area contributed by atoms with E-state index >= 15 is 0 Å². The number of nitrogens with zero attached hydrogens (tertiary/aromatic N) is 2. The van der Waals surface area contributed by atoms with Crippen LogP contribution in [0.15, 0.2) is 18.2 Å². The van der Waals surface area contributed by atoms with Gasteiger partial charge in [-0.1, -0.05) is 12.1 Å². The van der Waals surface area contributed by atoms with Crippen LogP contribution in [0.3, 0.4) is 0 Å². The van der Waals surface area contributed by atoms with E-state index in [1.807, 2.05) is 36.9 Å². The summed E-state index contributed by atoms with van der Waals surface area (Å²) in [7, 11) is 1.60. The fraction of sp³-hybridized carbons (Fsp3) is 0.632. The maximum atomic E-state index is 12.0. The number of carbonyl (C=O) groups excluding carboxylic acids is 1. The first-order valence-electron chi connectivity index (χ1n) is 8.86. The topological polar surface area (TPSA) is 62.2 Å². The first kappa shape index (κ1) is 19.7. The average molecular weight is 350 g/mol. The van der Waals surface area contributed by atoms with Crippen molar-refractivity contribution in [1.29, 1.82) is 0 Å². The molecule has 25 heavy (non-hydrogen) atoms. The number of rotatable bonds is 8. The predicted octanol–water partition coefficient (Wildman–Crippen LogP) is 1.22. The van der Waals surface area contributed by atoms with E-state index in [2.05, 4.69) is 4.90 Å². The lowest BCUT2D eigenvalue weighted by Crippen LogP contribution is -2.51. The van der Waals surface area contributed by atoms with Crippen molar-refractivity contribution >= 4 is 5.91 Å². The van der Waals surface area contributed by atoms with Crippen LogP contribution in [0.5, 0.6) is 5.75 Å². The number of piperazine rings is 1. The van der Waals surface area contributed by atoms with Crippen molar-refractivity contribution in [3.8, 4) is 5.75 Å². The van der Waals surface area contributed by atoms with Crippen LogP contribution < -0.4 is 4.74 Å². The molecule has 1 N–H and O–H groups in total. The second-order valence-corrected chi connectivity index (χ2v) is 6.66. The van der Waals surface area contributed by atoms with Gasteiger partial charge in [-0.15, -0.1) is 0 Å². The highest BCUT2D eigenvalue weighted by Crippen LogP contribution is 2.19. The van der Waals surface area contributed by atoms with Gasteiger partial charge in [0.05, 0.1) is 13.0 Å². The Kier molecular flexibility index (Phi) is 7.68. The van der Waals surface area contributed by atoms with Crippen molar-refractivity contribution in [2.45, 2.75) is 26.4 Å². The van der Waals surface area contributed by atoms with E-state index in [1.165, 1.54) is 0 Å². The maximum Gasteiger partial charge on any atom is 0.224 e. The summed E-state index contributed by atoms with van der Waals surface area (Å²) in [6, 6.07) is 6.06. The molecule has 0 spiro atoms. The normalized spacial score (nSPS) is 16.7. The highest BCUT2D eigenvalue weighted by molar-refractivity contribution is 5.76. The molecule has 1 aliphatic heterocycles. The molecule has 0 saturated carbocycles. The van der Waals surface area contributed by atoms with Crippen LogP contribution in [0.25, 0.3) is 0 Å². The highest BCUT2D eigenvalue weighted by Gasteiger charge is 2.22. The number of aryl methyl sites for hydroxylation is 2. The van der Waals surface area contributed by atoms with Gasteiger partial charge in [0.2, 0.25) is 5.91 Å². The number of aliphatic hydroxyl groups is 1. The minimum atomic E-state index is -0.546. The van der Waals surface area contributed by atoms with E-state index < -0.39 is 6.10 Å². The SMILES string of the molecule is COCCC(=O)N1CCN(C[C@@H](O)COc2cc(C)ccc2C)CC1. The smallest absolute Gasteiger partial charge is 0.224 e. The molecule has 6 nitrogen and oxygen atoms in total. The molecule has 6 heteroatoms. The largest absolute Gasteiger partial charge is 0.491 e. The Bertz CT molecular complexity index is 556. The first-order chi connectivity index (χ1) is 12.0. The summed E-state index contributed by atoms with van der Waals surface area (Å²) in [5.41, 5.74) is 2.21. The van der Waals surface area contributed by atoms with Crippen molar-refractivity contribution in [3.63, 3.8) is 0 Å². The standard InChI is InChI=1S/C19H30N2O4/c1-15-4-5-16(2)18(12-15)25-14-17(22)13-20-7-9-21(10-8-20)19(23)6-11-24-3/h4-5,12,17,22H,6-11,13-14H2,1-3H3/t17-/m1/s1. The number of benzene rings is 1. The van der Waals surface area contributed by atoms with Crippen LogP contribution in [-0.4, -0.2) is 80.0 Å². The van der Waals surface area contributed by atoms with E-state index in [0.29, 0.717) is 32.7 Å². The number of aliphatic hydroxyl groups excluding tert-OH is 1. The van der Waals surface area contributed by atoms with Crippen LogP contribution >= 0.6 is 0 Å².